The van der Waals surface area contributed by atoms with Crippen molar-refractivity contribution >= 4 is 17.7 Å². The minimum atomic E-state index is -0.376. The molecule has 1 aromatic heterocycles. The molecular weight excluding hydrogens is 338 g/mol. The molecule has 0 bridgehead atoms. The lowest BCUT2D eigenvalue weighted by atomic mass is 10.1. The second-order valence-corrected chi connectivity index (χ2v) is 6.04. The molecule has 0 spiro atoms. The Bertz CT molecular complexity index is 858. The van der Waals surface area contributed by atoms with Gasteiger partial charge >= 0.3 is 5.97 Å². The first kappa shape index (κ1) is 17.1. The third-order valence-corrected chi connectivity index (χ3v) is 4.41. The quantitative estimate of drug-likeness (QED) is 0.481. The summed E-state index contributed by atoms with van der Waals surface area (Å²) >= 11 is 1.50. The van der Waals surface area contributed by atoms with E-state index in [-0.39, 0.29) is 12.6 Å². The summed E-state index contributed by atoms with van der Waals surface area (Å²) in [4.78, 5) is 13.1. The van der Waals surface area contributed by atoms with Crippen molar-refractivity contribution in [2.24, 2.45) is 0 Å². The van der Waals surface area contributed by atoms with E-state index in [1.54, 1.807) is 19.2 Å². The molecule has 0 N–H and O–H groups in total. The minimum Gasteiger partial charge on any atom is -0.497 e. The monoisotopic (exact) mass is 355 g/mol. The molecule has 0 fully saturated rings. The number of ether oxygens (including phenoxy) is 2. The van der Waals surface area contributed by atoms with Gasteiger partial charge in [-0.2, -0.15) is 0 Å². The molecule has 6 heteroatoms. The topological polar surface area (TPSA) is 61.6 Å². The van der Waals surface area contributed by atoms with Crippen LogP contribution in [0.1, 0.15) is 16.1 Å². The molecule has 0 saturated heterocycles. The van der Waals surface area contributed by atoms with Crippen LogP contribution in [0.25, 0.3) is 11.3 Å². The smallest absolute Gasteiger partial charge is 0.339 e. The molecule has 2 aromatic carbocycles. The highest BCUT2D eigenvalue weighted by atomic mass is 32.2. The number of carbonyl (C=O) groups excluding carboxylic acids is 1. The van der Waals surface area contributed by atoms with Gasteiger partial charge in [-0.05, 0) is 42.7 Å². The number of carbonyl (C=O) groups is 1. The fraction of sp³-hybridized carbons (Fsp3) is 0.158. The van der Waals surface area contributed by atoms with Crippen molar-refractivity contribution in [2.45, 2.75) is 11.5 Å². The Hall–Kier alpha value is -2.73. The number of rotatable bonds is 6. The van der Waals surface area contributed by atoms with Crippen molar-refractivity contribution in [3.8, 4) is 17.1 Å². The van der Waals surface area contributed by atoms with Gasteiger partial charge in [-0.3, -0.25) is 0 Å². The van der Waals surface area contributed by atoms with E-state index in [0.717, 1.165) is 16.2 Å². The highest BCUT2D eigenvalue weighted by Crippen LogP contribution is 2.24. The minimum absolute atomic E-state index is 0.0567. The summed E-state index contributed by atoms with van der Waals surface area (Å²) in [6.07, 6.45) is 1.92. The Morgan fingerprint density at radius 1 is 1.16 bits per heavy atom. The van der Waals surface area contributed by atoms with Gasteiger partial charge in [0.15, 0.2) is 5.76 Å². The first-order valence-electron chi connectivity index (χ1n) is 7.61. The van der Waals surface area contributed by atoms with E-state index in [1.165, 1.54) is 11.8 Å². The number of aromatic nitrogens is 1. The van der Waals surface area contributed by atoms with E-state index in [4.69, 9.17) is 14.0 Å². The predicted octanol–water partition coefficient (Wildman–Crippen LogP) is 4.43. The Labute approximate surface area is 149 Å². The zero-order chi connectivity index (χ0) is 17.6. The fourth-order valence-corrected chi connectivity index (χ4v) is 2.89. The van der Waals surface area contributed by atoms with Crippen LogP contribution in [-0.2, 0) is 11.3 Å². The molecule has 0 saturated carbocycles. The van der Waals surface area contributed by atoms with Gasteiger partial charge in [0.1, 0.15) is 18.1 Å². The van der Waals surface area contributed by atoms with Crippen LogP contribution in [0.15, 0.2) is 64.0 Å². The number of nitrogens with zero attached hydrogens (tertiary/aromatic N) is 1. The SMILES string of the molecule is COc1ccc(-c2cc(COC(=O)c3ccccc3SC)no2)cc1. The van der Waals surface area contributed by atoms with Gasteiger partial charge in [-0.1, -0.05) is 17.3 Å². The molecular formula is C19H17NO4S. The average Bonchev–Trinajstić information content (AvgIpc) is 3.15. The third-order valence-electron chi connectivity index (χ3n) is 3.61. The molecule has 3 rings (SSSR count). The van der Waals surface area contributed by atoms with Gasteiger partial charge in [0, 0.05) is 16.5 Å². The summed E-state index contributed by atoms with van der Waals surface area (Å²) in [7, 11) is 1.62. The molecule has 3 aromatic rings. The fourth-order valence-electron chi connectivity index (χ4n) is 2.30. The van der Waals surface area contributed by atoms with Crippen molar-refractivity contribution in [1.29, 1.82) is 0 Å². The van der Waals surface area contributed by atoms with E-state index in [9.17, 15) is 4.79 Å². The first-order chi connectivity index (χ1) is 12.2. The van der Waals surface area contributed by atoms with Gasteiger partial charge < -0.3 is 14.0 Å². The van der Waals surface area contributed by atoms with Crippen molar-refractivity contribution < 1.29 is 18.8 Å². The number of hydrogen-bond donors (Lipinski definition) is 0. The molecule has 1 heterocycles. The number of benzene rings is 2. The third kappa shape index (κ3) is 4.03. The Morgan fingerprint density at radius 3 is 2.64 bits per heavy atom. The van der Waals surface area contributed by atoms with E-state index in [0.29, 0.717) is 17.0 Å². The van der Waals surface area contributed by atoms with Crippen molar-refractivity contribution in [2.75, 3.05) is 13.4 Å². The number of hydrogen-bond acceptors (Lipinski definition) is 6. The Morgan fingerprint density at radius 2 is 1.92 bits per heavy atom. The van der Waals surface area contributed by atoms with Crippen molar-refractivity contribution in [3.63, 3.8) is 0 Å². The van der Waals surface area contributed by atoms with Crippen LogP contribution < -0.4 is 4.74 Å². The van der Waals surface area contributed by atoms with Crippen LogP contribution in [0.5, 0.6) is 5.75 Å². The van der Waals surface area contributed by atoms with E-state index < -0.39 is 0 Å². The van der Waals surface area contributed by atoms with Crippen LogP contribution >= 0.6 is 11.8 Å². The van der Waals surface area contributed by atoms with Crippen LogP contribution in [0.2, 0.25) is 0 Å². The van der Waals surface area contributed by atoms with Gasteiger partial charge in [-0.15, -0.1) is 11.8 Å². The first-order valence-corrected chi connectivity index (χ1v) is 8.84. The van der Waals surface area contributed by atoms with Gasteiger partial charge in [0.05, 0.1) is 12.7 Å². The molecule has 0 aliphatic carbocycles. The van der Waals surface area contributed by atoms with E-state index in [2.05, 4.69) is 5.16 Å². The largest absolute Gasteiger partial charge is 0.497 e. The number of thioether (sulfide) groups is 1. The molecule has 0 amide bonds. The number of esters is 1. The molecule has 0 unspecified atom stereocenters. The summed E-state index contributed by atoms with van der Waals surface area (Å²) in [6, 6.07) is 16.5. The maximum atomic E-state index is 12.2. The average molecular weight is 355 g/mol. The summed E-state index contributed by atoms with van der Waals surface area (Å²) in [5.41, 5.74) is 1.98. The molecule has 5 nitrogen and oxygen atoms in total. The summed E-state index contributed by atoms with van der Waals surface area (Å²) < 4.78 is 15.8. The summed E-state index contributed by atoms with van der Waals surface area (Å²) in [5.74, 6) is 1.00. The zero-order valence-corrected chi connectivity index (χ0v) is 14.7. The Balaban J connectivity index is 1.66. The second-order valence-electron chi connectivity index (χ2n) is 5.19. The maximum absolute atomic E-state index is 12.2. The number of methoxy groups -OCH3 is 1. The summed E-state index contributed by atoms with van der Waals surface area (Å²) in [6.45, 7) is 0.0567. The molecule has 128 valence electrons. The van der Waals surface area contributed by atoms with Gasteiger partial charge in [-0.25, -0.2) is 4.79 Å². The van der Waals surface area contributed by atoms with Crippen LogP contribution in [-0.4, -0.2) is 24.5 Å². The van der Waals surface area contributed by atoms with E-state index >= 15 is 0 Å². The molecule has 0 aliphatic heterocycles. The normalized spacial score (nSPS) is 10.5. The lowest BCUT2D eigenvalue weighted by Crippen LogP contribution is -2.06. The lowest BCUT2D eigenvalue weighted by Gasteiger charge is -2.06. The lowest BCUT2D eigenvalue weighted by molar-refractivity contribution is 0.0460. The van der Waals surface area contributed by atoms with Crippen LogP contribution in [0.3, 0.4) is 0 Å². The van der Waals surface area contributed by atoms with E-state index in [1.807, 2.05) is 48.7 Å². The summed E-state index contributed by atoms with van der Waals surface area (Å²) in [5, 5.41) is 3.95. The van der Waals surface area contributed by atoms with Gasteiger partial charge in [0.2, 0.25) is 0 Å². The molecule has 0 atom stereocenters. The molecule has 0 aliphatic rings. The van der Waals surface area contributed by atoms with Crippen LogP contribution in [0.4, 0.5) is 0 Å². The molecule has 0 radical (unpaired) electrons. The van der Waals surface area contributed by atoms with Crippen molar-refractivity contribution in [3.05, 3.63) is 65.9 Å². The predicted molar refractivity (Wildman–Crippen MR) is 95.8 cm³/mol. The van der Waals surface area contributed by atoms with Crippen LogP contribution in [0, 0.1) is 0 Å². The van der Waals surface area contributed by atoms with Gasteiger partial charge in [0.25, 0.3) is 0 Å². The van der Waals surface area contributed by atoms with Crippen molar-refractivity contribution in [1.82, 2.24) is 5.16 Å². The maximum Gasteiger partial charge on any atom is 0.339 e. The second kappa shape index (κ2) is 7.90. The molecule has 25 heavy (non-hydrogen) atoms. The highest BCUT2D eigenvalue weighted by Gasteiger charge is 2.14. The Kier molecular flexibility index (Phi) is 5.40. The highest BCUT2D eigenvalue weighted by molar-refractivity contribution is 7.98. The zero-order valence-electron chi connectivity index (χ0n) is 13.9. The standard InChI is InChI=1S/C19H17NO4S/c1-22-15-9-7-13(8-10-15)17-11-14(20-24-17)12-23-19(21)16-5-3-4-6-18(16)25-2/h3-11H,12H2,1-2H3.